The van der Waals surface area contributed by atoms with Crippen LogP contribution in [0.1, 0.15) is 25.0 Å². The Morgan fingerprint density at radius 2 is 1.48 bits per heavy atom. The molecule has 0 aromatic heterocycles. The van der Waals surface area contributed by atoms with Crippen molar-refractivity contribution in [2.24, 2.45) is 0 Å². The second kappa shape index (κ2) is 8.18. The van der Waals surface area contributed by atoms with Gasteiger partial charge in [0.15, 0.2) is 0 Å². The molecule has 0 bridgehead atoms. The number of hydrogen-bond donors (Lipinski definition) is 1. The molecular weight excluding hydrogens is 408 g/mol. The van der Waals surface area contributed by atoms with E-state index in [1.54, 1.807) is 33.8 Å². The highest BCUT2D eigenvalue weighted by Gasteiger charge is 2.24. The molecule has 0 spiro atoms. The van der Waals surface area contributed by atoms with Gasteiger partial charge in [-0.05, 0) is 61.4 Å². The van der Waals surface area contributed by atoms with Crippen molar-refractivity contribution in [1.82, 2.24) is 4.31 Å². The molecule has 0 amide bonds. The van der Waals surface area contributed by atoms with Crippen LogP contribution in [0.4, 0.5) is 5.69 Å². The van der Waals surface area contributed by atoms with Gasteiger partial charge in [-0.25, -0.2) is 16.8 Å². The zero-order valence-electron chi connectivity index (χ0n) is 15.7. The summed E-state index contributed by atoms with van der Waals surface area (Å²) in [6.45, 7) is 7.66. The molecule has 0 radical (unpaired) electrons. The van der Waals surface area contributed by atoms with Gasteiger partial charge in [-0.1, -0.05) is 25.4 Å². The fraction of sp³-hybridized carbons (Fsp3) is 0.333. The number of rotatable bonds is 7. The number of aryl methyl sites for hydroxylation is 1. The lowest BCUT2D eigenvalue weighted by Gasteiger charge is -2.20. The van der Waals surface area contributed by atoms with E-state index in [0.717, 1.165) is 0 Å². The van der Waals surface area contributed by atoms with Gasteiger partial charge in [0.25, 0.3) is 10.0 Å². The first-order valence-electron chi connectivity index (χ1n) is 8.42. The van der Waals surface area contributed by atoms with Gasteiger partial charge >= 0.3 is 0 Å². The topological polar surface area (TPSA) is 83.6 Å². The van der Waals surface area contributed by atoms with E-state index in [4.69, 9.17) is 11.6 Å². The van der Waals surface area contributed by atoms with Crippen molar-refractivity contribution in [1.29, 1.82) is 0 Å². The molecule has 0 heterocycles. The minimum absolute atomic E-state index is 0.0426. The number of halogens is 1. The zero-order chi connectivity index (χ0) is 20.4. The quantitative estimate of drug-likeness (QED) is 0.724. The standard InChI is InChI=1S/C18H23ClN2O4S2/c1-5-21(6-2)27(24,25)17-11-13(3)14(4)18(12-17)20-26(22,23)16-9-7-15(19)8-10-16/h7-12,20H,5-6H2,1-4H3. The highest BCUT2D eigenvalue weighted by Crippen LogP contribution is 2.28. The van der Waals surface area contributed by atoms with Crippen molar-refractivity contribution in [3.8, 4) is 0 Å². The third kappa shape index (κ3) is 4.63. The van der Waals surface area contributed by atoms with Gasteiger partial charge < -0.3 is 0 Å². The van der Waals surface area contributed by atoms with Crippen LogP contribution < -0.4 is 4.72 Å². The molecule has 27 heavy (non-hydrogen) atoms. The summed E-state index contributed by atoms with van der Waals surface area (Å²) in [5, 5.41) is 0.424. The largest absolute Gasteiger partial charge is 0.279 e. The monoisotopic (exact) mass is 430 g/mol. The first-order chi connectivity index (χ1) is 12.5. The SMILES string of the molecule is CCN(CC)S(=O)(=O)c1cc(C)c(C)c(NS(=O)(=O)c2ccc(Cl)cc2)c1. The fourth-order valence-corrected chi connectivity index (χ4v) is 5.42. The number of hydrogen-bond acceptors (Lipinski definition) is 4. The molecular formula is C18H23ClN2O4S2. The molecule has 0 aliphatic heterocycles. The minimum atomic E-state index is -3.88. The van der Waals surface area contributed by atoms with E-state index in [1.807, 2.05) is 0 Å². The summed E-state index contributed by atoms with van der Waals surface area (Å²) in [5.41, 5.74) is 1.57. The average Bonchev–Trinajstić information content (AvgIpc) is 2.59. The maximum atomic E-state index is 12.8. The summed E-state index contributed by atoms with van der Waals surface area (Å²) in [7, 11) is -7.59. The molecule has 2 rings (SSSR count). The Kier molecular flexibility index (Phi) is 6.57. The van der Waals surface area contributed by atoms with E-state index < -0.39 is 20.0 Å². The van der Waals surface area contributed by atoms with E-state index in [-0.39, 0.29) is 15.5 Å². The number of sulfonamides is 2. The van der Waals surface area contributed by atoms with E-state index in [2.05, 4.69) is 4.72 Å². The van der Waals surface area contributed by atoms with Gasteiger partial charge in [-0.15, -0.1) is 0 Å². The molecule has 6 nitrogen and oxygen atoms in total. The van der Waals surface area contributed by atoms with Gasteiger partial charge in [0.05, 0.1) is 15.5 Å². The molecule has 0 saturated heterocycles. The van der Waals surface area contributed by atoms with Gasteiger partial charge in [0, 0.05) is 18.1 Å². The second-order valence-corrected chi connectivity index (χ2v) is 10.1. The van der Waals surface area contributed by atoms with E-state index in [9.17, 15) is 16.8 Å². The van der Waals surface area contributed by atoms with Gasteiger partial charge in [-0.3, -0.25) is 4.72 Å². The van der Waals surface area contributed by atoms with Crippen molar-refractivity contribution >= 4 is 37.3 Å². The predicted octanol–water partition coefficient (Wildman–Crippen LogP) is 3.79. The Balaban J connectivity index is 2.52. The molecule has 0 unspecified atom stereocenters. The zero-order valence-corrected chi connectivity index (χ0v) is 18.0. The summed E-state index contributed by atoms with van der Waals surface area (Å²) >= 11 is 5.81. The van der Waals surface area contributed by atoms with E-state index >= 15 is 0 Å². The number of benzene rings is 2. The molecule has 2 aromatic carbocycles. The number of nitrogens with one attached hydrogen (secondary N) is 1. The maximum Gasteiger partial charge on any atom is 0.261 e. The summed E-state index contributed by atoms with van der Waals surface area (Å²) < 4.78 is 54.8. The van der Waals surface area contributed by atoms with Crippen molar-refractivity contribution in [3.63, 3.8) is 0 Å². The molecule has 0 saturated carbocycles. The minimum Gasteiger partial charge on any atom is -0.279 e. The lowest BCUT2D eigenvalue weighted by Crippen LogP contribution is -2.30. The third-order valence-corrected chi connectivity index (χ3v) is 8.01. The Labute approximate surface area is 166 Å². The number of nitrogens with zero attached hydrogens (tertiary/aromatic N) is 1. The van der Waals surface area contributed by atoms with Crippen LogP contribution >= 0.6 is 11.6 Å². The Morgan fingerprint density at radius 3 is 2.00 bits per heavy atom. The summed E-state index contributed by atoms with van der Waals surface area (Å²) in [6.07, 6.45) is 0. The van der Waals surface area contributed by atoms with Crippen molar-refractivity contribution < 1.29 is 16.8 Å². The van der Waals surface area contributed by atoms with E-state index in [0.29, 0.717) is 29.2 Å². The molecule has 148 valence electrons. The maximum absolute atomic E-state index is 12.8. The van der Waals surface area contributed by atoms with E-state index in [1.165, 1.54) is 34.6 Å². The van der Waals surface area contributed by atoms with Crippen LogP contribution in [0.15, 0.2) is 46.2 Å². The fourth-order valence-electron chi connectivity index (χ4n) is 2.61. The second-order valence-electron chi connectivity index (χ2n) is 6.06. The van der Waals surface area contributed by atoms with Crippen molar-refractivity contribution in [3.05, 3.63) is 52.5 Å². The summed E-state index contributed by atoms with van der Waals surface area (Å²) in [5.74, 6) is 0. The van der Waals surface area contributed by atoms with Crippen LogP contribution in [0.25, 0.3) is 0 Å². The first-order valence-corrected chi connectivity index (χ1v) is 11.7. The molecule has 2 aromatic rings. The average molecular weight is 431 g/mol. The summed E-state index contributed by atoms with van der Waals surface area (Å²) in [4.78, 5) is 0.101. The van der Waals surface area contributed by atoms with Crippen LogP contribution in [0.2, 0.25) is 5.02 Å². The Hall–Kier alpha value is -1.61. The van der Waals surface area contributed by atoms with Crippen LogP contribution in [0, 0.1) is 13.8 Å². The first kappa shape index (κ1) is 21.7. The summed E-state index contributed by atoms with van der Waals surface area (Å²) in [6, 6.07) is 8.67. The Morgan fingerprint density at radius 1 is 0.926 bits per heavy atom. The molecule has 0 fully saturated rings. The lowest BCUT2D eigenvalue weighted by atomic mass is 10.1. The van der Waals surface area contributed by atoms with Gasteiger partial charge in [0.2, 0.25) is 10.0 Å². The molecule has 0 aliphatic carbocycles. The molecule has 0 atom stereocenters. The lowest BCUT2D eigenvalue weighted by molar-refractivity contribution is 0.445. The van der Waals surface area contributed by atoms with Crippen molar-refractivity contribution in [2.75, 3.05) is 17.8 Å². The molecule has 9 heteroatoms. The van der Waals surface area contributed by atoms with Gasteiger partial charge in [-0.2, -0.15) is 4.31 Å². The normalized spacial score (nSPS) is 12.4. The van der Waals surface area contributed by atoms with Crippen LogP contribution in [-0.4, -0.2) is 34.2 Å². The highest BCUT2D eigenvalue weighted by molar-refractivity contribution is 7.92. The predicted molar refractivity (Wildman–Crippen MR) is 108 cm³/mol. The molecule has 1 N–H and O–H groups in total. The smallest absolute Gasteiger partial charge is 0.261 e. The molecule has 0 aliphatic rings. The van der Waals surface area contributed by atoms with Crippen molar-refractivity contribution in [2.45, 2.75) is 37.5 Å². The highest BCUT2D eigenvalue weighted by atomic mass is 35.5. The Bertz CT molecular complexity index is 1030. The third-order valence-electron chi connectivity index (χ3n) is 4.35. The number of anilines is 1. The van der Waals surface area contributed by atoms with Gasteiger partial charge in [0.1, 0.15) is 0 Å². The van der Waals surface area contributed by atoms with Crippen LogP contribution in [0.5, 0.6) is 0 Å². The van der Waals surface area contributed by atoms with Crippen LogP contribution in [0.3, 0.4) is 0 Å². The van der Waals surface area contributed by atoms with Crippen LogP contribution in [-0.2, 0) is 20.0 Å².